The molecule has 1 aliphatic rings. The number of hydrogen-bond donors (Lipinski definition) is 2. The van der Waals surface area contributed by atoms with Crippen molar-refractivity contribution in [2.75, 3.05) is 16.8 Å². The lowest BCUT2D eigenvalue weighted by molar-refractivity contribution is 0.624. The van der Waals surface area contributed by atoms with Crippen molar-refractivity contribution in [3.8, 4) is 11.3 Å². The summed E-state index contributed by atoms with van der Waals surface area (Å²) in [5.41, 5.74) is 3.29. The molecule has 2 heterocycles. The summed E-state index contributed by atoms with van der Waals surface area (Å²) in [6.45, 7) is 0. The summed E-state index contributed by atoms with van der Waals surface area (Å²) in [7, 11) is -0.594. The highest BCUT2D eigenvalue weighted by Crippen LogP contribution is 2.21. The number of benzene rings is 1. The smallest absolute Gasteiger partial charge is 0.0924 e. The van der Waals surface area contributed by atoms with Crippen molar-refractivity contribution >= 4 is 16.5 Å². The Bertz CT molecular complexity index is 541. The molecule has 0 unspecified atom stereocenters. The van der Waals surface area contributed by atoms with E-state index in [-0.39, 0.29) is 0 Å². The lowest BCUT2D eigenvalue weighted by Crippen LogP contribution is -2.29. The molecule has 4 nitrogen and oxygen atoms in total. The van der Waals surface area contributed by atoms with Gasteiger partial charge in [-0.1, -0.05) is 12.1 Å². The molecule has 2 aromatic rings. The van der Waals surface area contributed by atoms with Crippen LogP contribution < -0.4 is 5.32 Å². The van der Waals surface area contributed by atoms with Crippen LogP contribution in [0.15, 0.2) is 36.8 Å². The molecular formula is C14H17N3OS. The number of rotatable bonds is 3. The molecule has 1 aliphatic heterocycles. The average Bonchev–Trinajstić information content (AvgIpc) is 2.96. The number of aromatic amines is 1. The highest BCUT2D eigenvalue weighted by Gasteiger charge is 2.17. The quantitative estimate of drug-likeness (QED) is 0.904. The molecule has 1 aromatic carbocycles. The second-order valence-corrected chi connectivity index (χ2v) is 6.51. The number of hydrogen-bond acceptors (Lipinski definition) is 3. The molecule has 2 N–H and O–H groups in total. The summed E-state index contributed by atoms with van der Waals surface area (Å²) >= 11 is 0. The first-order valence-corrected chi connectivity index (χ1v) is 8.00. The zero-order valence-corrected chi connectivity index (χ0v) is 11.5. The third-order valence-electron chi connectivity index (χ3n) is 3.45. The summed E-state index contributed by atoms with van der Waals surface area (Å²) in [6, 6.07) is 8.78. The van der Waals surface area contributed by atoms with Gasteiger partial charge in [0.25, 0.3) is 0 Å². The standard InChI is InChI=1S/C14H17N3OS/c18-19-7-5-13(6-8-19)17-12-3-1-11(2-4-12)14-9-15-10-16-14/h1-4,9-10,13,17H,5-8H2,(H,15,16). The molecule has 19 heavy (non-hydrogen) atoms. The van der Waals surface area contributed by atoms with Crippen molar-refractivity contribution in [2.45, 2.75) is 18.9 Å². The van der Waals surface area contributed by atoms with Gasteiger partial charge in [-0.2, -0.15) is 0 Å². The summed E-state index contributed by atoms with van der Waals surface area (Å²) < 4.78 is 11.3. The number of anilines is 1. The van der Waals surface area contributed by atoms with E-state index in [2.05, 4.69) is 39.6 Å². The second-order valence-electron chi connectivity index (χ2n) is 4.81. The molecule has 0 radical (unpaired) electrons. The van der Waals surface area contributed by atoms with E-state index < -0.39 is 10.8 Å². The van der Waals surface area contributed by atoms with E-state index in [0.717, 1.165) is 41.3 Å². The molecule has 0 bridgehead atoms. The Labute approximate surface area is 115 Å². The second kappa shape index (κ2) is 5.57. The average molecular weight is 275 g/mol. The van der Waals surface area contributed by atoms with Crippen molar-refractivity contribution in [1.82, 2.24) is 9.97 Å². The molecule has 1 saturated heterocycles. The fraction of sp³-hybridized carbons (Fsp3) is 0.357. The van der Waals surface area contributed by atoms with Gasteiger partial charge < -0.3 is 10.3 Å². The number of nitrogens with one attached hydrogen (secondary N) is 2. The molecule has 0 amide bonds. The van der Waals surface area contributed by atoms with Gasteiger partial charge in [-0.15, -0.1) is 0 Å². The van der Waals surface area contributed by atoms with Crippen molar-refractivity contribution < 1.29 is 4.21 Å². The largest absolute Gasteiger partial charge is 0.382 e. The van der Waals surface area contributed by atoms with Crippen molar-refractivity contribution in [3.63, 3.8) is 0 Å². The molecule has 1 fully saturated rings. The number of H-pyrrole nitrogens is 1. The van der Waals surface area contributed by atoms with Crippen LogP contribution in [0.2, 0.25) is 0 Å². The van der Waals surface area contributed by atoms with Crippen LogP contribution >= 0.6 is 0 Å². The Morgan fingerprint density at radius 2 is 1.95 bits per heavy atom. The number of imidazole rings is 1. The number of aromatic nitrogens is 2. The van der Waals surface area contributed by atoms with E-state index in [9.17, 15) is 4.21 Å². The summed E-state index contributed by atoms with van der Waals surface area (Å²) in [4.78, 5) is 7.12. The molecule has 3 rings (SSSR count). The molecule has 0 aliphatic carbocycles. The van der Waals surface area contributed by atoms with Crippen LogP contribution in [0, 0.1) is 0 Å². The van der Waals surface area contributed by atoms with Crippen LogP contribution in [0.1, 0.15) is 12.8 Å². The van der Waals surface area contributed by atoms with E-state index in [1.165, 1.54) is 0 Å². The Hall–Kier alpha value is -1.62. The normalized spacial score (nSPS) is 23.2. The van der Waals surface area contributed by atoms with Crippen molar-refractivity contribution in [1.29, 1.82) is 0 Å². The van der Waals surface area contributed by atoms with Crippen LogP contribution in [0.3, 0.4) is 0 Å². The van der Waals surface area contributed by atoms with Gasteiger partial charge in [-0.25, -0.2) is 4.98 Å². The van der Waals surface area contributed by atoms with Gasteiger partial charge in [0.2, 0.25) is 0 Å². The molecule has 100 valence electrons. The van der Waals surface area contributed by atoms with Crippen LogP contribution in [0.4, 0.5) is 5.69 Å². The van der Waals surface area contributed by atoms with Gasteiger partial charge in [0.05, 0.1) is 18.2 Å². The molecular weight excluding hydrogens is 258 g/mol. The lowest BCUT2D eigenvalue weighted by atomic mass is 10.1. The predicted molar refractivity (Wildman–Crippen MR) is 78.5 cm³/mol. The van der Waals surface area contributed by atoms with Gasteiger partial charge in [-0.3, -0.25) is 4.21 Å². The highest BCUT2D eigenvalue weighted by atomic mass is 32.2. The van der Waals surface area contributed by atoms with Gasteiger partial charge in [-0.05, 0) is 30.5 Å². The van der Waals surface area contributed by atoms with Gasteiger partial charge in [0.15, 0.2) is 0 Å². The third kappa shape index (κ3) is 3.04. The van der Waals surface area contributed by atoms with Crippen LogP contribution in [0.25, 0.3) is 11.3 Å². The number of nitrogens with zero attached hydrogens (tertiary/aromatic N) is 1. The van der Waals surface area contributed by atoms with Crippen molar-refractivity contribution in [3.05, 3.63) is 36.8 Å². The molecule has 0 spiro atoms. The fourth-order valence-electron chi connectivity index (χ4n) is 2.33. The maximum atomic E-state index is 11.3. The Kier molecular flexibility index (Phi) is 3.64. The first-order valence-electron chi connectivity index (χ1n) is 6.51. The zero-order chi connectivity index (χ0) is 13.1. The predicted octanol–water partition coefficient (Wildman–Crippen LogP) is 2.40. The summed E-state index contributed by atoms with van der Waals surface area (Å²) in [6.07, 6.45) is 5.49. The summed E-state index contributed by atoms with van der Waals surface area (Å²) in [5.74, 6) is 1.65. The van der Waals surface area contributed by atoms with E-state index in [0.29, 0.717) is 6.04 Å². The fourth-order valence-corrected chi connectivity index (χ4v) is 3.63. The van der Waals surface area contributed by atoms with Crippen LogP contribution in [0.5, 0.6) is 0 Å². The Morgan fingerprint density at radius 1 is 1.21 bits per heavy atom. The summed E-state index contributed by atoms with van der Waals surface area (Å²) in [5, 5.41) is 3.51. The minimum Gasteiger partial charge on any atom is -0.382 e. The first kappa shape index (κ1) is 12.4. The minimum atomic E-state index is -0.594. The van der Waals surface area contributed by atoms with Crippen LogP contribution in [-0.4, -0.2) is 31.7 Å². The lowest BCUT2D eigenvalue weighted by Gasteiger charge is -2.23. The first-order chi connectivity index (χ1) is 9.31. The maximum absolute atomic E-state index is 11.3. The molecule has 0 saturated carbocycles. The SMILES string of the molecule is O=S1CCC(Nc2ccc(-c3cnc[nH]3)cc2)CC1. The van der Waals surface area contributed by atoms with Crippen LogP contribution in [-0.2, 0) is 10.8 Å². The molecule has 5 heteroatoms. The van der Waals surface area contributed by atoms with Gasteiger partial charge in [0, 0.05) is 34.0 Å². The Morgan fingerprint density at radius 3 is 2.58 bits per heavy atom. The molecule has 1 aromatic heterocycles. The van der Waals surface area contributed by atoms with E-state index in [1.54, 1.807) is 6.33 Å². The monoisotopic (exact) mass is 275 g/mol. The topological polar surface area (TPSA) is 57.8 Å². The highest BCUT2D eigenvalue weighted by molar-refractivity contribution is 7.85. The maximum Gasteiger partial charge on any atom is 0.0924 e. The zero-order valence-electron chi connectivity index (χ0n) is 10.6. The van der Waals surface area contributed by atoms with Gasteiger partial charge in [0.1, 0.15) is 0 Å². The minimum absolute atomic E-state index is 0.454. The van der Waals surface area contributed by atoms with E-state index in [4.69, 9.17) is 0 Å². The third-order valence-corrected chi connectivity index (χ3v) is 4.83. The Balaban J connectivity index is 1.65. The van der Waals surface area contributed by atoms with E-state index in [1.807, 2.05) is 6.20 Å². The van der Waals surface area contributed by atoms with Crippen molar-refractivity contribution in [2.24, 2.45) is 0 Å². The molecule has 0 atom stereocenters. The van der Waals surface area contributed by atoms with Gasteiger partial charge >= 0.3 is 0 Å². The van der Waals surface area contributed by atoms with E-state index >= 15 is 0 Å².